The van der Waals surface area contributed by atoms with E-state index in [0.29, 0.717) is 23.5 Å². The topological polar surface area (TPSA) is 106 Å². The van der Waals surface area contributed by atoms with E-state index >= 15 is 0 Å². The normalized spacial score (nSPS) is 10.8. The van der Waals surface area contributed by atoms with Crippen molar-refractivity contribution in [2.75, 3.05) is 11.9 Å². The van der Waals surface area contributed by atoms with E-state index in [9.17, 15) is 14.4 Å². The number of ether oxygens (including phenoxy) is 2. The molecule has 0 atom stereocenters. The molecular formula is C28H21Cl2N3O5. The molecule has 0 aliphatic heterocycles. The number of carbonyl (C=O) groups is 3. The predicted molar refractivity (Wildman–Crippen MR) is 147 cm³/mol. The van der Waals surface area contributed by atoms with Crippen molar-refractivity contribution in [2.45, 2.75) is 6.92 Å². The molecule has 0 radical (unpaired) electrons. The van der Waals surface area contributed by atoms with Gasteiger partial charge in [0, 0.05) is 5.56 Å². The highest BCUT2D eigenvalue weighted by atomic mass is 35.5. The number of anilines is 1. The van der Waals surface area contributed by atoms with Crippen LogP contribution >= 0.6 is 23.2 Å². The number of benzene rings is 4. The Morgan fingerprint density at radius 1 is 0.895 bits per heavy atom. The summed E-state index contributed by atoms with van der Waals surface area (Å²) in [7, 11) is 0. The van der Waals surface area contributed by atoms with Crippen molar-refractivity contribution in [1.29, 1.82) is 0 Å². The number of nitrogens with zero attached hydrogens (tertiary/aromatic N) is 1. The van der Waals surface area contributed by atoms with Gasteiger partial charge in [0.05, 0.1) is 34.1 Å². The molecule has 0 aliphatic carbocycles. The van der Waals surface area contributed by atoms with Crippen molar-refractivity contribution in [3.8, 4) is 11.5 Å². The van der Waals surface area contributed by atoms with Crippen LogP contribution in [0.25, 0.3) is 10.8 Å². The third-order valence-corrected chi connectivity index (χ3v) is 6.12. The van der Waals surface area contributed by atoms with Gasteiger partial charge in [-0.3, -0.25) is 9.59 Å². The fourth-order valence-electron chi connectivity index (χ4n) is 3.50. The number of fused-ring (bicyclic) bond motifs is 1. The molecule has 0 unspecified atom stereocenters. The molecule has 0 bridgehead atoms. The summed E-state index contributed by atoms with van der Waals surface area (Å²) in [5, 5.41) is 8.20. The predicted octanol–water partition coefficient (Wildman–Crippen LogP) is 5.85. The maximum Gasteiger partial charge on any atom is 0.343 e. The maximum absolute atomic E-state index is 12.8. The van der Waals surface area contributed by atoms with Crippen LogP contribution in [-0.4, -0.2) is 30.6 Å². The fourth-order valence-corrected chi connectivity index (χ4v) is 3.84. The molecule has 4 aromatic carbocycles. The first-order chi connectivity index (χ1) is 18.4. The molecule has 8 nitrogen and oxygen atoms in total. The van der Waals surface area contributed by atoms with Crippen molar-refractivity contribution >= 4 is 63.7 Å². The number of halogens is 2. The molecule has 0 saturated carbocycles. The van der Waals surface area contributed by atoms with Gasteiger partial charge in [-0.15, -0.1) is 0 Å². The zero-order valence-electron chi connectivity index (χ0n) is 20.0. The molecule has 0 fully saturated rings. The standard InChI is InChI=1S/C28H21Cl2N3O5/c1-2-37-19-13-10-18(11-14-19)28(36)38-24-15-12-17-6-3-4-7-20(17)21(24)16-31-33-27(35)26(34)32-23-9-5-8-22(29)25(23)30/h3-16H,2H2,1H3,(H,32,34)(H,33,35). The van der Waals surface area contributed by atoms with Gasteiger partial charge in [-0.2, -0.15) is 5.10 Å². The highest BCUT2D eigenvalue weighted by Crippen LogP contribution is 2.30. The van der Waals surface area contributed by atoms with Crippen molar-refractivity contribution < 1.29 is 23.9 Å². The minimum Gasteiger partial charge on any atom is -0.494 e. The Kier molecular flexibility index (Phi) is 8.58. The summed E-state index contributed by atoms with van der Waals surface area (Å²) < 4.78 is 11.1. The summed E-state index contributed by atoms with van der Waals surface area (Å²) in [6.45, 7) is 2.38. The van der Waals surface area contributed by atoms with Gasteiger partial charge in [0.1, 0.15) is 11.5 Å². The van der Waals surface area contributed by atoms with Gasteiger partial charge in [0.15, 0.2) is 0 Å². The molecule has 0 saturated heterocycles. The third-order valence-electron chi connectivity index (χ3n) is 5.30. The molecule has 10 heteroatoms. The van der Waals surface area contributed by atoms with Crippen molar-refractivity contribution in [3.63, 3.8) is 0 Å². The summed E-state index contributed by atoms with van der Waals surface area (Å²) in [5.74, 6) is -1.76. The SMILES string of the molecule is CCOc1ccc(C(=O)Oc2ccc3ccccc3c2C=NNC(=O)C(=O)Nc2cccc(Cl)c2Cl)cc1. The van der Waals surface area contributed by atoms with Crippen LogP contribution in [-0.2, 0) is 9.59 Å². The van der Waals surface area contributed by atoms with E-state index in [4.69, 9.17) is 32.7 Å². The number of nitrogens with one attached hydrogen (secondary N) is 2. The van der Waals surface area contributed by atoms with Crippen LogP contribution in [0.2, 0.25) is 10.0 Å². The molecule has 0 aliphatic rings. The second-order valence-electron chi connectivity index (χ2n) is 7.80. The van der Waals surface area contributed by atoms with Crippen molar-refractivity contribution in [3.05, 3.63) is 100 Å². The molecule has 2 amide bonds. The number of hydrazone groups is 1. The number of amides is 2. The second-order valence-corrected chi connectivity index (χ2v) is 8.59. The van der Waals surface area contributed by atoms with E-state index in [0.717, 1.165) is 10.8 Å². The van der Waals surface area contributed by atoms with Gasteiger partial charge >= 0.3 is 17.8 Å². The number of rotatable bonds is 7. The second kappa shape index (κ2) is 12.2. The van der Waals surface area contributed by atoms with E-state index in [1.54, 1.807) is 48.5 Å². The van der Waals surface area contributed by atoms with Crippen LogP contribution in [0.15, 0.2) is 84.0 Å². The Hall–Kier alpha value is -4.40. The van der Waals surface area contributed by atoms with Gasteiger partial charge in [0.25, 0.3) is 0 Å². The molecule has 38 heavy (non-hydrogen) atoms. The Morgan fingerprint density at radius 2 is 1.66 bits per heavy atom. The number of esters is 1. The van der Waals surface area contributed by atoms with Crippen LogP contribution in [0.5, 0.6) is 11.5 Å². The molecular weight excluding hydrogens is 529 g/mol. The van der Waals surface area contributed by atoms with E-state index in [2.05, 4.69) is 15.8 Å². The first kappa shape index (κ1) is 26.7. The first-order valence-corrected chi connectivity index (χ1v) is 12.2. The molecule has 0 aromatic heterocycles. The summed E-state index contributed by atoms with van der Waals surface area (Å²) in [4.78, 5) is 37.4. The van der Waals surface area contributed by atoms with E-state index in [1.807, 2.05) is 31.2 Å². The quantitative estimate of drug-likeness (QED) is 0.0987. The van der Waals surface area contributed by atoms with E-state index < -0.39 is 17.8 Å². The van der Waals surface area contributed by atoms with E-state index in [1.165, 1.54) is 12.3 Å². The number of hydrogen-bond acceptors (Lipinski definition) is 6. The average molecular weight is 550 g/mol. The van der Waals surface area contributed by atoms with E-state index in [-0.39, 0.29) is 21.5 Å². The minimum atomic E-state index is -1.04. The van der Waals surface area contributed by atoms with Crippen LogP contribution in [0.4, 0.5) is 5.69 Å². The van der Waals surface area contributed by atoms with Crippen LogP contribution in [0.1, 0.15) is 22.8 Å². The van der Waals surface area contributed by atoms with Gasteiger partial charge < -0.3 is 14.8 Å². The minimum absolute atomic E-state index is 0.105. The van der Waals surface area contributed by atoms with Crippen LogP contribution in [0.3, 0.4) is 0 Å². The van der Waals surface area contributed by atoms with Gasteiger partial charge in [-0.1, -0.05) is 59.6 Å². The number of carbonyl (C=O) groups excluding carboxylic acids is 3. The average Bonchev–Trinajstić information content (AvgIpc) is 2.92. The Balaban J connectivity index is 1.52. The Morgan fingerprint density at radius 3 is 2.42 bits per heavy atom. The van der Waals surface area contributed by atoms with Crippen molar-refractivity contribution in [2.24, 2.45) is 5.10 Å². The zero-order valence-corrected chi connectivity index (χ0v) is 21.5. The van der Waals surface area contributed by atoms with Crippen molar-refractivity contribution in [1.82, 2.24) is 5.43 Å². The lowest BCUT2D eigenvalue weighted by molar-refractivity contribution is -0.136. The zero-order chi connectivity index (χ0) is 27.1. The molecule has 4 aromatic rings. The lowest BCUT2D eigenvalue weighted by Gasteiger charge is -2.11. The fraction of sp³-hybridized carbons (Fsp3) is 0.0714. The summed E-state index contributed by atoms with van der Waals surface area (Å²) in [5.41, 5.74) is 3.11. The molecule has 2 N–H and O–H groups in total. The van der Waals surface area contributed by atoms with Gasteiger partial charge in [-0.25, -0.2) is 10.2 Å². The lowest BCUT2D eigenvalue weighted by atomic mass is 10.0. The van der Waals surface area contributed by atoms with Crippen LogP contribution < -0.4 is 20.2 Å². The monoisotopic (exact) mass is 549 g/mol. The molecule has 192 valence electrons. The highest BCUT2D eigenvalue weighted by Gasteiger charge is 2.17. The maximum atomic E-state index is 12.8. The Bertz CT molecular complexity index is 1540. The van der Waals surface area contributed by atoms with Gasteiger partial charge in [0.2, 0.25) is 0 Å². The summed E-state index contributed by atoms with van der Waals surface area (Å²) in [6, 6.07) is 22.0. The summed E-state index contributed by atoms with van der Waals surface area (Å²) >= 11 is 12.0. The largest absolute Gasteiger partial charge is 0.494 e. The van der Waals surface area contributed by atoms with Crippen LogP contribution in [0, 0.1) is 0 Å². The molecule has 0 spiro atoms. The molecule has 4 rings (SSSR count). The highest BCUT2D eigenvalue weighted by molar-refractivity contribution is 6.45. The van der Waals surface area contributed by atoms with Gasteiger partial charge in [-0.05, 0) is 60.2 Å². The lowest BCUT2D eigenvalue weighted by Crippen LogP contribution is -2.32. The third kappa shape index (κ3) is 6.29. The number of hydrogen-bond donors (Lipinski definition) is 2. The smallest absolute Gasteiger partial charge is 0.343 e. The molecule has 0 heterocycles. The first-order valence-electron chi connectivity index (χ1n) is 11.4. The Labute approximate surface area is 228 Å². The summed E-state index contributed by atoms with van der Waals surface area (Å²) in [6.07, 6.45) is 1.31.